The Bertz CT molecular complexity index is 202. The zero-order valence-electron chi connectivity index (χ0n) is 8.32. The fraction of sp³-hybridized carbons (Fsp3) is 0.600. The van der Waals surface area contributed by atoms with Gasteiger partial charge in [-0.1, -0.05) is 55.2 Å². The molecule has 0 rings (SSSR count). The van der Waals surface area contributed by atoms with Crippen LogP contribution >= 0.6 is 22.6 Å². The molecule has 1 unspecified atom stereocenters. The summed E-state index contributed by atoms with van der Waals surface area (Å²) < 4.78 is 2.07. The highest BCUT2D eigenvalue weighted by atomic mass is 127. The average molecular weight is 292 g/mol. The molecule has 0 aromatic heterocycles. The number of hydrogen-bond donors (Lipinski definition) is 0. The second kappa shape index (κ2) is 5.82. The van der Waals surface area contributed by atoms with Crippen molar-refractivity contribution in [3.63, 3.8) is 0 Å². The summed E-state index contributed by atoms with van der Waals surface area (Å²) in [7, 11) is -1.13. The van der Waals surface area contributed by atoms with E-state index in [0.29, 0.717) is 5.92 Å². The molecule has 1 atom stereocenters. The van der Waals surface area contributed by atoms with E-state index in [1.165, 1.54) is 0 Å². The molecule has 0 aliphatic rings. The molecule has 0 saturated carbocycles. The number of hydrogen-bond acceptors (Lipinski definition) is 0. The van der Waals surface area contributed by atoms with E-state index in [1.54, 1.807) is 0 Å². The normalized spacial score (nSPS) is 14.1. The summed E-state index contributed by atoms with van der Waals surface area (Å²) >= 11 is 2.25. The Morgan fingerprint density at radius 1 is 1.42 bits per heavy atom. The van der Waals surface area contributed by atoms with Gasteiger partial charge in [0.15, 0.2) is 0 Å². The molecule has 0 radical (unpaired) electrons. The highest BCUT2D eigenvalue weighted by Crippen LogP contribution is 2.05. The Kier molecular flexibility index (Phi) is 5.94. The van der Waals surface area contributed by atoms with Crippen LogP contribution in [0.4, 0.5) is 0 Å². The topological polar surface area (TPSA) is 0 Å². The Morgan fingerprint density at radius 3 is 2.42 bits per heavy atom. The van der Waals surface area contributed by atoms with Crippen LogP contribution in [-0.2, 0) is 0 Å². The quantitative estimate of drug-likeness (QED) is 0.412. The minimum absolute atomic E-state index is 0.603. The predicted molar refractivity (Wildman–Crippen MR) is 68.1 cm³/mol. The van der Waals surface area contributed by atoms with Gasteiger partial charge in [-0.15, -0.1) is 11.5 Å². The van der Waals surface area contributed by atoms with Crippen LogP contribution in [0, 0.1) is 17.4 Å². The van der Waals surface area contributed by atoms with Crippen LogP contribution in [0.15, 0.2) is 10.2 Å². The van der Waals surface area contributed by atoms with Gasteiger partial charge >= 0.3 is 0 Å². The SMILES string of the molecule is CC(/C=C/I)CC#C[Si](C)(C)C. The van der Waals surface area contributed by atoms with E-state index in [2.05, 4.69) is 70.8 Å². The van der Waals surface area contributed by atoms with E-state index in [4.69, 9.17) is 0 Å². The monoisotopic (exact) mass is 292 g/mol. The van der Waals surface area contributed by atoms with E-state index in [1.807, 2.05) is 0 Å². The molecular formula is C10H17ISi. The molecule has 0 aromatic rings. The lowest BCUT2D eigenvalue weighted by Crippen LogP contribution is -2.16. The van der Waals surface area contributed by atoms with E-state index in [9.17, 15) is 0 Å². The Morgan fingerprint density at radius 2 is 2.00 bits per heavy atom. The highest BCUT2D eigenvalue weighted by molar-refractivity contribution is 14.1. The summed E-state index contributed by atoms with van der Waals surface area (Å²) in [6.07, 6.45) is 3.20. The maximum atomic E-state index is 3.36. The summed E-state index contributed by atoms with van der Waals surface area (Å²) in [5, 5.41) is 0. The first-order chi connectivity index (χ1) is 5.45. The minimum Gasteiger partial charge on any atom is -0.132 e. The first kappa shape index (κ1) is 12.2. The molecule has 0 bridgehead atoms. The van der Waals surface area contributed by atoms with Crippen molar-refractivity contribution in [3.8, 4) is 11.5 Å². The lowest BCUT2D eigenvalue weighted by molar-refractivity contribution is 0.761. The number of halogens is 1. The Labute approximate surface area is 91.0 Å². The van der Waals surface area contributed by atoms with Crippen molar-refractivity contribution in [3.05, 3.63) is 10.2 Å². The molecule has 0 aliphatic heterocycles. The van der Waals surface area contributed by atoms with Crippen molar-refractivity contribution in [2.45, 2.75) is 33.0 Å². The molecule has 12 heavy (non-hydrogen) atoms. The van der Waals surface area contributed by atoms with Gasteiger partial charge in [0.05, 0.1) is 0 Å². The zero-order chi connectivity index (χ0) is 9.61. The third-order valence-electron chi connectivity index (χ3n) is 1.29. The summed E-state index contributed by atoms with van der Waals surface area (Å²) in [6, 6.07) is 0. The van der Waals surface area contributed by atoms with Crippen LogP contribution in [0.25, 0.3) is 0 Å². The van der Waals surface area contributed by atoms with Gasteiger partial charge in [-0.3, -0.25) is 0 Å². The largest absolute Gasteiger partial charge is 0.132 e. The van der Waals surface area contributed by atoms with E-state index < -0.39 is 8.07 Å². The Balaban J connectivity index is 3.87. The second-order valence-corrected chi connectivity index (χ2v) is 9.52. The van der Waals surface area contributed by atoms with E-state index in [-0.39, 0.29) is 0 Å². The van der Waals surface area contributed by atoms with Crippen LogP contribution in [0.3, 0.4) is 0 Å². The zero-order valence-corrected chi connectivity index (χ0v) is 11.5. The molecule has 0 aromatic carbocycles. The molecule has 0 aliphatic carbocycles. The van der Waals surface area contributed by atoms with Crippen LogP contribution in [-0.4, -0.2) is 8.07 Å². The van der Waals surface area contributed by atoms with Crippen molar-refractivity contribution in [2.24, 2.45) is 5.92 Å². The van der Waals surface area contributed by atoms with Gasteiger partial charge in [0, 0.05) is 6.42 Å². The maximum Gasteiger partial charge on any atom is 0.129 e. The molecule has 2 heteroatoms. The van der Waals surface area contributed by atoms with E-state index in [0.717, 1.165) is 6.42 Å². The fourth-order valence-electron chi connectivity index (χ4n) is 0.669. The molecule has 0 spiro atoms. The van der Waals surface area contributed by atoms with Crippen molar-refractivity contribution < 1.29 is 0 Å². The van der Waals surface area contributed by atoms with Crippen LogP contribution < -0.4 is 0 Å². The first-order valence-electron chi connectivity index (χ1n) is 4.22. The third-order valence-corrected chi connectivity index (χ3v) is 2.63. The van der Waals surface area contributed by atoms with Gasteiger partial charge in [0.25, 0.3) is 0 Å². The molecule has 0 amide bonds. The molecule has 0 saturated heterocycles. The predicted octanol–water partition coefficient (Wildman–Crippen LogP) is 3.84. The summed E-state index contributed by atoms with van der Waals surface area (Å²) in [5.41, 5.74) is 3.36. The first-order valence-corrected chi connectivity index (χ1v) is 8.97. The van der Waals surface area contributed by atoms with Crippen molar-refractivity contribution >= 4 is 30.7 Å². The van der Waals surface area contributed by atoms with Crippen LogP contribution in [0.2, 0.25) is 19.6 Å². The summed E-state index contributed by atoms with van der Waals surface area (Å²) in [4.78, 5) is 0. The van der Waals surface area contributed by atoms with Gasteiger partial charge in [-0.25, -0.2) is 0 Å². The second-order valence-electron chi connectivity index (χ2n) is 4.05. The molecule has 68 valence electrons. The number of allylic oxidation sites excluding steroid dienone is 1. The van der Waals surface area contributed by atoms with Crippen LogP contribution in [0.1, 0.15) is 13.3 Å². The van der Waals surface area contributed by atoms with Gasteiger partial charge in [0.2, 0.25) is 0 Å². The average Bonchev–Trinajstić information content (AvgIpc) is 1.84. The Hall–Kier alpha value is 0.247. The molecule has 0 heterocycles. The fourth-order valence-corrected chi connectivity index (χ4v) is 2.01. The third kappa shape index (κ3) is 8.34. The summed E-state index contributed by atoms with van der Waals surface area (Å²) in [6.45, 7) is 9.03. The van der Waals surface area contributed by atoms with Gasteiger partial charge in [0.1, 0.15) is 8.07 Å². The number of rotatable bonds is 2. The maximum absolute atomic E-state index is 3.36. The standard InChI is InChI=1S/C10H17ISi/c1-10(7-8-11)6-5-9-12(2,3)4/h7-8,10H,6H2,1-4H3/b8-7+. The summed E-state index contributed by atoms with van der Waals surface area (Å²) in [5.74, 6) is 3.87. The molecule has 0 N–H and O–H groups in total. The minimum atomic E-state index is -1.13. The van der Waals surface area contributed by atoms with Crippen molar-refractivity contribution in [1.82, 2.24) is 0 Å². The molecule has 0 fully saturated rings. The highest BCUT2D eigenvalue weighted by Gasteiger charge is 2.07. The molecular weight excluding hydrogens is 275 g/mol. The van der Waals surface area contributed by atoms with Gasteiger partial charge in [-0.2, -0.15) is 0 Å². The van der Waals surface area contributed by atoms with Crippen molar-refractivity contribution in [2.75, 3.05) is 0 Å². The molecule has 0 nitrogen and oxygen atoms in total. The lowest BCUT2D eigenvalue weighted by Gasteiger charge is -2.04. The smallest absolute Gasteiger partial charge is 0.129 e. The van der Waals surface area contributed by atoms with Gasteiger partial charge < -0.3 is 0 Å². The van der Waals surface area contributed by atoms with E-state index >= 15 is 0 Å². The van der Waals surface area contributed by atoms with Crippen molar-refractivity contribution in [1.29, 1.82) is 0 Å². The van der Waals surface area contributed by atoms with Gasteiger partial charge in [-0.05, 0) is 10.0 Å². The lowest BCUT2D eigenvalue weighted by atomic mass is 10.1. The van der Waals surface area contributed by atoms with Crippen LogP contribution in [0.5, 0.6) is 0 Å².